The molecule has 1 aliphatic carbocycles. The molecule has 6 rings (SSSR count). The normalized spacial score (nSPS) is 28.8. The van der Waals surface area contributed by atoms with E-state index < -0.39 is 22.4 Å². The Morgan fingerprint density at radius 3 is 2.59 bits per heavy atom. The van der Waals surface area contributed by atoms with Crippen LogP contribution in [-0.4, -0.2) is 27.1 Å². The number of fused-ring (bicyclic) bond motifs is 2. The molecule has 3 atom stereocenters. The highest BCUT2D eigenvalue weighted by molar-refractivity contribution is 5.94. The van der Waals surface area contributed by atoms with E-state index in [1.807, 2.05) is 45.0 Å². The van der Waals surface area contributed by atoms with Crippen LogP contribution in [0.3, 0.4) is 0 Å². The van der Waals surface area contributed by atoms with Crippen LogP contribution in [0, 0.1) is 10.8 Å². The van der Waals surface area contributed by atoms with Gasteiger partial charge in [0.15, 0.2) is 0 Å². The molecular formula is C28H30N2O4. The van der Waals surface area contributed by atoms with Gasteiger partial charge in [0.05, 0.1) is 16.4 Å². The molecule has 2 bridgehead atoms. The van der Waals surface area contributed by atoms with Crippen LogP contribution >= 0.6 is 0 Å². The van der Waals surface area contributed by atoms with Crippen LogP contribution in [0.4, 0.5) is 0 Å². The lowest BCUT2D eigenvalue weighted by molar-refractivity contribution is -0.188. The Bertz CT molecular complexity index is 1310. The number of hydrogen-bond acceptors (Lipinski definition) is 5. The van der Waals surface area contributed by atoms with Gasteiger partial charge in [-0.2, -0.15) is 0 Å². The molecule has 6 heteroatoms. The molecule has 2 aromatic carbocycles. The van der Waals surface area contributed by atoms with Gasteiger partial charge in [0.25, 0.3) is 0 Å². The molecular weight excluding hydrogens is 428 g/mol. The van der Waals surface area contributed by atoms with Gasteiger partial charge >= 0.3 is 11.9 Å². The van der Waals surface area contributed by atoms with Gasteiger partial charge in [-0.05, 0) is 37.8 Å². The first kappa shape index (κ1) is 21.4. The Kier molecular flexibility index (Phi) is 4.51. The molecule has 2 fully saturated rings. The van der Waals surface area contributed by atoms with E-state index in [-0.39, 0.29) is 12.1 Å². The predicted octanol–water partition coefficient (Wildman–Crippen LogP) is 4.93. The van der Waals surface area contributed by atoms with E-state index in [4.69, 9.17) is 14.5 Å². The van der Waals surface area contributed by atoms with Crippen LogP contribution in [-0.2, 0) is 38.4 Å². The lowest BCUT2D eigenvalue weighted by atomic mass is 9.66. The summed E-state index contributed by atoms with van der Waals surface area (Å²) in [5.41, 5.74) is 1.79. The minimum absolute atomic E-state index is 0.285. The summed E-state index contributed by atoms with van der Waals surface area (Å²) >= 11 is 0. The molecule has 6 nitrogen and oxygen atoms in total. The first-order valence-electron chi connectivity index (χ1n) is 12.2. The summed E-state index contributed by atoms with van der Waals surface area (Å²) in [6.45, 7) is 6.57. The topological polar surface area (TPSA) is 70.4 Å². The average molecular weight is 459 g/mol. The Morgan fingerprint density at radius 2 is 1.88 bits per heavy atom. The SMILES string of the molecule is CC12CCC(C(=O)OC3CCn4c(CCc5ccccc5)nc5cccc3c54)(OC1=O)C2(C)C. The van der Waals surface area contributed by atoms with Crippen molar-refractivity contribution in [3.63, 3.8) is 0 Å². The standard InChI is InChI=1S/C28H30N2O4/c1-26(2)27(3)15-16-28(26,34-24(27)31)25(32)33-21-14-17-30-22(13-12-18-8-5-4-6-9-18)29-20-11-7-10-19(21)23(20)30/h4-11,21H,12-17H2,1-3H3. The Labute approximate surface area is 199 Å². The molecule has 3 aliphatic rings. The lowest BCUT2D eigenvalue weighted by Gasteiger charge is -2.36. The number of carbonyl (C=O) groups is 2. The summed E-state index contributed by atoms with van der Waals surface area (Å²) in [7, 11) is 0. The fraction of sp³-hybridized carbons (Fsp3) is 0.464. The maximum Gasteiger partial charge on any atom is 0.351 e. The van der Waals surface area contributed by atoms with E-state index in [2.05, 4.69) is 28.8 Å². The molecule has 2 aliphatic heterocycles. The van der Waals surface area contributed by atoms with E-state index in [0.29, 0.717) is 19.3 Å². The van der Waals surface area contributed by atoms with E-state index in [1.165, 1.54) is 5.56 Å². The highest BCUT2D eigenvalue weighted by Crippen LogP contribution is 2.66. The quantitative estimate of drug-likeness (QED) is 0.507. The van der Waals surface area contributed by atoms with Gasteiger partial charge in [-0.3, -0.25) is 4.79 Å². The fourth-order valence-electron chi connectivity index (χ4n) is 6.30. The highest BCUT2D eigenvalue weighted by atomic mass is 16.6. The van der Waals surface area contributed by atoms with Gasteiger partial charge < -0.3 is 14.0 Å². The van der Waals surface area contributed by atoms with Crippen molar-refractivity contribution >= 4 is 23.0 Å². The number of rotatable bonds is 5. The zero-order valence-corrected chi connectivity index (χ0v) is 20.0. The molecule has 0 radical (unpaired) electrons. The largest absolute Gasteiger partial charge is 0.454 e. The third-order valence-corrected chi connectivity index (χ3v) is 8.98. The van der Waals surface area contributed by atoms with Crippen LogP contribution in [0.25, 0.3) is 11.0 Å². The van der Waals surface area contributed by atoms with Crippen molar-refractivity contribution < 1.29 is 19.1 Å². The highest BCUT2D eigenvalue weighted by Gasteiger charge is 2.76. The molecule has 34 heavy (non-hydrogen) atoms. The predicted molar refractivity (Wildman–Crippen MR) is 127 cm³/mol. The number of imidazole rings is 1. The number of ether oxygens (including phenoxy) is 2. The fourth-order valence-corrected chi connectivity index (χ4v) is 6.30. The molecule has 0 N–H and O–H groups in total. The molecule has 3 unspecified atom stereocenters. The number of aromatic nitrogens is 2. The third kappa shape index (κ3) is 2.71. The van der Waals surface area contributed by atoms with Gasteiger partial charge in [0.1, 0.15) is 11.9 Å². The second-order valence-corrected chi connectivity index (χ2v) is 10.7. The van der Waals surface area contributed by atoms with E-state index >= 15 is 0 Å². The summed E-state index contributed by atoms with van der Waals surface area (Å²) in [6, 6.07) is 16.5. The van der Waals surface area contributed by atoms with Crippen LogP contribution in [0.2, 0.25) is 0 Å². The molecule has 0 spiro atoms. The van der Waals surface area contributed by atoms with E-state index in [0.717, 1.165) is 41.8 Å². The van der Waals surface area contributed by atoms with Crippen molar-refractivity contribution in [1.82, 2.24) is 9.55 Å². The number of esters is 2. The van der Waals surface area contributed by atoms with Crippen molar-refractivity contribution in [1.29, 1.82) is 0 Å². The maximum absolute atomic E-state index is 13.6. The smallest absolute Gasteiger partial charge is 0.351 e. The zero-order valence-electron chi connectivity index (χ0n) is 20.0. The molecule has 1 aromatic heterocycles. The van der Waals surface area contributed by atoms with Crippen molar-refractivity contribution in [3.05, 3.63) is 65.5 Å². The summed E-state index contributed by atoms with van der Waals surface area (Å²) in [5.74, 6) is 0.367. The first-order chi connectivity index (χ1) is 16.3. The monoisotopic (exact) mass is 458 g/mol. The number of para-hydroxylation sites is 1. The van der Waals surface area contributed by atoms with Gasteiger partial charge in [-0.25, -0.2) is 9.78 Å². The van der Waals surface area contributed by atoms with Crippen molar-refractivity contribution in [2.45, 2.75) is 71.1 Å². The summed E-state index contributed by atoms with van der Waals surface area (Å²) < 4.78 is 14.2. The second kappa shape index (κ2) is 7.17. The Hall–Kier alpha value is -3.15. The number of benzene rings is 2. The van der Waals surface area contributed by atoms with Gasteiger partial charge in [-0.1, -0.05) is 56.3 Å². The molecule has 1 saturated heterocycles. The molecule has 3 aromatic rings. The minimum atomic E-state index is -1.20. The van der Waals surface area contributed by atoms with Crippen LogP contribution in [0.1, 0.15) is 63.1 Å². The molecule has 1 saturated carbocycles. The van der Waals surface area contributed by atoms with Crippen molar-refractivity contribution in [3.8, 4) is 0 Å². The third-order valence-electron chi connectivity index (χ3n) is 8.98. The number of hydrogen-bond donors (Lipinski definition) is 0. The molecule has 0 amide bonds. The molecule has 176 valence electrons. The van der Waals surface area contributed by atoms with Crippen LogP contribution in [0.5, 0.6) is 0 Å². The summed E-state index contributed by atoms with van der Waals surface area (Å²) in [6.07, 6.45) is 3.24. The van der Waals surface area contributed by atoms with Crippen LogP contribution in [0.15, 0.2) is 48.5 Å². The minimum Gasteiger partial charge on any atom is -0.454 e. The molecule has 3 heterocycles. The summed E-state index contributed by atoms with van der Waals surface area (Å²) in [4.78, 5) is 31.1. The van der Waals surface area contributed by atoms with Crippen molar-refractivity contribution in [2.75, 3.05) is 0 Å². The lowest BCUT2D eigenvalue weighted by Crippen LogP contribution is -2.49. The van der Waals surface area contributed by atoms with E-state index in [1.54, 1.807) is 0 Å². The number of aryl methyl sites for hydroxylation is 3. The maximum atomic E-state index is 13.6. The van der Waals surface area contributed by atoms with Gasteiger partial charge in [-0.15, -0.1) is 0 Å². The second-order valence-electron chi connectivity index (χ2n) is 10.7. The number of carbonyl (C=O) groups excluding carboxylic acids is 2. The Morgan fingerprint density at radius 1 is 1.09 bits per heavy atom. The summed E-state index contributed by atoms with van der Waals surface area (Å²) in [5, 5.41) is 0. The average Bonchev–Trinajstić information content (AvgIpc) is 3.35. The van der Waals surface area contributed by atoms with Gasteiger partial charge in [0, 0.05) is 30.4 Å². The van der Waals surface area contributed by atoms with Crippen molar-refractivity contribution in [2.24, 2.45) is 10.8 Å². The Balaban J connectivity index is 1.29. The van der Waals surface area contributed by atoms with Crippen LogP contribution < -0.4 is 0 Å². The number of nitrogens with zero attached hydrogens (tertiary/aromatic N) is 2. The van der Waals surface area contributed by atoms with E-state index in [9.17, 15) is 9.59 Å². The van der Waals surface area contributed by atoms with Gasteiger partial charge in [0.2, 0.25) is 5.60 Å². The first-order valence-corrected chi connectivity index (χ1v) is 12.2. The zero-order chi connectivity index (χ0) is 23.7.